The standard InChI is InChI=1S/C20H22N2O5S/c23-19(21-14-15-4-6-17(7-5-15)20(24)25)16-8-10-18(11-9-16)28(26,27)22-12-2-1-3-13-22/h4-11H,1-3,12-14H2,(H,21,23)(H,24,25)/p-1. The SMILES string of the molecule is O=C([O-])c1ccc(CNC(=O)c2ccc(S(=O)(=O)N3CCCCC3)cc2)cc1. The molecular weight excluding hydrogens is 380 g/mol. The van der Waals surface area contributed by atoms with Crippen molar-refractivity contribution in [2.24, 2.45) is 0 Å². The molecule has 0 aliphatic carbocycles. The van der Waals surface area contributed by atoms with Crippen molar-refractivity contribution in [3.05, 3.63) is 65.2 Å². The van der Waals surface area contributed by atoms with Crippen LogP contribution >= 0.6 is 0 Å². The van der Waals surface area contributed by atoms with Gasteiger partial charge in [0, 0.05) is 25.2 Å². The molecule has 3 rings (SSSR count). The zero-order valence-corrected chi connectivity index (χ0v) is 16.1. The van der Waals surface area contributed by atoms with E-state index in [-0.39, 0.29) is 22.9 Å². The van der Waals surface area contributed by atoms with Crippen molar-refractivity contribution in [3.8, 4) is 0 Å². The van der Waals surface area contributed by atoms with E-state index in [2.05, 4.69) is 5.32 Å². The van der Waals surface area contributed by atoms with Crippen LogP contribution in [0.2, 0.25) is 0 Å². The van der Waals surface area contributed by atoms with Gasteiger partial charge in [-0.3, -0.25) is 4.79 Å². The summed E-state index contributed by atoms with van der Waals surface area (Å²) in [5.41, 5.74) is 1.16. The Morgan fingerprint density at radius 3 is 2.04 bits per heavy atom. The van der Waals surface area contributed by atoms with Gasteiger partial charge < -0.3 is 15.2 Å². The van der Waals surface area contributed by atoms with Gasteiger partial charge >= 0.3 is 0 Å². The normalized spacial score (nSPS) is 15.1. The minimum Gasteiger partial charge on any atom is -0.545 e. The highest BCUT2D eigenvalue weighted by molar-refractivity contribution is 7.89. The summed E-state index contributed by atoms with van der Waals surface area (Å²) in [5.74, 6) is -1.60. The van der Waals surface area contributed by atoms with E-state index in [1.165, 1.54) is 40.7 Å². The van der Waals surface area contributed by atoms with Crippen LogP contribution in [0.3, 0.4) is 0 Å². The molecule has 1 N–H and O–H groups in total. The van der Waals surface area contributed by atoms with Crippen molar-refractivity contribution in [2.75, 3.05) is 13.1 Å². The molecule has 1 fully saturated rings. The zero-order valence-electron chi connectivity index (χ0n) is 15.3. The molecule has 0 radical (unpaired) electrons. The van der Waals surface area contributed by atoms with Crippen LogP contribution in [0.25, 0.3) is 0 Å². The number of nitrogens with one attached hydrogen (secondary N) is 1. The molecule has 0 bridgehead atoms. The molecule has 0 atom stereocenters. The largest absolute Gasteiger partial charge is 0.545 e. The second-order valence-electron chi connectivity index (χ2n) is 6.66. The van der Waals surface area contributed by atoms with Gasteiger partial charge in [-0.15, -0.1) is 0 Å². The van der Waals surface area contributed by atoms with Gasteiger partial charge in [-0.25, -0.2) is 8.42 Å². The summed E-state index contributed by atoms with van der Waals surface area (Å²) in [5, 5.41) is 13.5. The quantitative estimate of drug-likeness (QED) is 0.782. The van der Waals surface area contributed by atoms with E-state index in [4.69, 9.17) is 0 Å². The summed E-state index contributed by atoms with van der Waals surface area (Å²) in [6, 6.07) is 11.9. The van der Waals surface area contributed by atoms with E-state index in [1.807, 2.05) is 0 Å². The fraction of sp³-hybridized carbons (Fsp3) is 0.300. The number of benzene rings is 2. The van der Waals surface area contributed by atoms with Gasteiger partial charge in [0.15, 0.2) is 0 Å². The lowest BCUT2D eigenvalue weighted by Crippen LogP contribution is -2.35. The molecule has 1 aliphatic heterocycles. The average molecular weight is 401 g/mol. The molecule has 2 aromatic carbocycles. The molecule has 0 aromatic heterocycles. The van der Waals surface area contributed by atoms with Crippen molar-refractivity contribution in [3.63, 3.8) is 0 Å². The third-order valence-electron chi connectivity index (χ3n) is 4.71. The second-order valence-corrected chi connectivity index (χ2v) is 8.59. The number of rotatable bonds is 6. The van der Waals surface area contributed by atoms with Crippen molar-refractivity contribution < 1.29 is 23.1 Å². The predicted octanol–water partition coefficient (Wildman–Crippen LogP) is 1.15. The molecule has 1 heterocycles. The number of carbonyl (C=O) groups is 2. The van der Waals surface area contributed by atoms with E-state index < -0.39 is 16.0 Å². The minimum atomic E-state index is -3.52. The van der Waals surface area contributed by atoms with E-state index in [0.717, 1.165) is 24.8 Å². The van der Waals surface area contributed by atoms with E-state index >= 15 is 0 Å². The van der Waals surface area contributed by atoms with Crippen LogP contribution in [0.5, 0.6) is 0 Å². The zero-order chi connectivity index (χ0) is 20.1. The molecule has 1 saturated heterocycles. The molecule has 0 spiro atoms. The first-order valence-electron chi connectivity index (χ1n) is 9.06. The Morgan fingerprint density at radius 1 is 0.893 bits per heavy atom. The molecule has 7 nitrogen and oxygen atoms in total. The number of carboxylic acids is 1. The highest BCUT2D eigenvalue weighted by Crippen LogP contribution is 2.20. The van der Waals surface area contributed by atoms with Crippen LogP contribution < -0.4 is 10.4 Å². The van der Waals surface area contributed by atoms with Gasteiger partial charge in [0.2, 0.25) is 10.0 Å². The molecule has 0 saturated carbocycles. The number of aromatic carboxylic acids is 1. The van der Waals surface area contributed by atoms with Gasteiger partial charge in [0.1, 0.15) is 0 Å². The Balaban J connectivity index is 1.62. The smallest absolute Gasteiger partial charge is 0.251 e. The number of amides is 1. The summed E-state index contributed by atoms with van der Waals surface area (Å²) in [6.07, 6.45) is 2.77. The number of hydrogen-bond acceptors (Lipinski definition) is 5. The number of piperidine rings is 1. The lowest BCUT2D eigenvalue weighted by molar-refractivity contribution is -0.255. The highest BCUT2D eigenvalue weighted by atomic mass is 32.2. The average Bonchev–Trinajstić information content (AvgIpc) is 2.73. The van der Waals surface area contributed by atoms with Gasteiger partial charge in [-0.1, -0.05) is 30.7 Å². The molecule has 148 valence electrons. The van der Waals surface area contributed by atoms with Gasteiger partial charge in [0.25, 0.3) is 5.91 Å². The number of carboxylic acid groups (broad SMARTS) is 1. The Morgan fingerprint density at radius 2 is 1.46 bits per heavy atom. The Hall–Kier alpha value is -2.71. The maximum absolute atomic E-state index is 12.6. The maximum Gasteiger partial charge on any atom is 0.251 e. The third-order valence-corrected chi connectivity index (χ3v) is 6.62. The minimum absolute atomic E-state index is 0.0700. The molecule has 2 aromatic rings. The number of nitrogens with zero attached hydrogens (tertiary/aromatic N) is 1. The third kappa shape index (κ3) is 4.58. The Kier molecular flexibility index (Phi) is 6.11. The summed E-state index contributed by atoms with van der Waals surface area (Å²) in [6.45, 7) is 1.28. The Bertz CT molecular complexity index is 947. The van der Waals surface area contributed by atoms with Crippen LogP contribution in [0.15, 0.2) is 53.4 Å². The highest BCUT2D eigenvalue weighted by Gasteiger charge is 2.25. The fourth-order valence-corrected chi connectivity index (χ4v) is 4.59. The monoisotopic (exact) mass is 401 g/mol. The van der Waals surface area contributed by atoms with Crippen LogP contribution in [-0.2, 0) is 16.6 Å². The molecule has 1 aliphatic rings. The molecule has 28 heavy (non-hydrogen) atoms. The summed E-state index contributed by atoms with van der Waals surface area (Å²) in [7, 11) is -3.52. The topological polar surface area (TPSA) is 107 Å². The molecular formula is C20H21N2O5S-. The van der Waals surface area contributed by atoms with Crippen molar-refractivity contribution in [1.82, 2.24) is 9.62 Å². The van der Waals surface area contributed by atoms with Crippen LogP contribution in [-0.4, -0.2) is 37.7 Å². The number of carbonyl (C=O) groups excluding carboxylic acids is 2. The van der Waals surface area contributed by atoms with Crippen molar-refractivity contribution >= 4 is 21.9 Å². The number of sulfonamides is 1. The maximum atomic E-state index is 12.6. The van der Waals surface area contributed by atoms with Crippen molar-refractivity contribution in [2.45, 2.75) is 30.7 Å². The second kappa shape index (κ2) is 8.53. The van der Waals surface area contributed by atoms with Gasteiger partial charge in [-0.2, -0.15) is 4.31 Å². The van der Waals surface area contributed by atoms with Crippen molar-refractivity contribution in [1.29, 1.82) is 0 Å². The first kappa shape index (κ1) is 20.0. The first-order chi connectivity index (χ1) is 13.4. The lowest BCUT2D eigenvalue weighted by atomic mass is 10.1. The van der Waals surface area contributed by atoms with Crippen LogP contribution in [0.4, 0.5) is 0 Å². The van der Waals surface area contributed by atoms with E-state index in [0.29, 0.717) is 18.7 Å². The summed E-state index contributed by atoms with van der Waals surface area (Å²) < 4.78 is 26.8. The van der Waals surface area contributed by atoms with E-state index in [1.54, 1.807) is 12.1 Å². The Labute approximate surface area is 164 Å². The van der Waals surface area contributed by atoms with Crippen LogP contribution in [0, 0.1) is 0 Å². The molecule has 0 unspecified atom stereocenters. The first-order valence-corrected chi connectivity index (χ1v) is 10.5. The lowest BCUT2D eigenvalue weighted by Gasteiger charge is -2.25. The molecule has 8 heteroatoms. The van der Waals surface area contributed by atoms with E-state index in [9.17, 15) is 23.1 Å². The van der Waals surface area contributed by atoms with Gasteiger partial charge in [-0.05, 0) is 48.2 Å². The number of hydrogen-bond donors (Lipinski definition) is 1. The fourth-order valence-electron chi connectivity index (χ4n) is 3.08. The summed E-state index contributed by atoms with van der Waals surface area (Å²) >= 11 is 0. The van der Waals surface area contributed by atoms with Crippen LogP contribution in [0.1, 0.15) is 45.5 Å². The summed E-state index contributed by atoms with van der Waals surface area (Å²) in [4.78, 5) is 23.2. The molecule has 1 amide bonds. The van der Waals surface area contributed by atoms with Gasteiger partial charge in [0.05, 0.1) is 10.9 Å². The predicted molar refractivity (Wildman–Crippen MR) is 101 cm³/mol.